The number of aromatic nitrogens is 1. The summed E-state index contributed by atoms with van der Waals surface area (Å²) < 4.78 is 5.39. The number of ether oxygens (including phenoxy) is 1. The van der Waals surface area contributed by atoms with E-state index in [0.29, 0.717) is 11.4 Å². The van der Waals surface area contributed by atoms with E-state index in [0.717, 1.165) is 0 Å². The Kier molecular flexibility index (Phi) is 2.87. The van der Waals surface area contributed by atoms with Crippen molar-refractivity contribution in [2.24, 2.45) is 0 Å². The lowest BCUT2D eigenvalue weighted by atomic mass is 10.3. The Hall–Kier alpha value is -2.63. The van der Waals surface area contributed by atoms with Gasteiger partial charge in [0, 0.05) is 18.3 Å². The quantitative estimate of drug-likeness (QED) is 0.646. The van der Waals surface area contributed by atoms with Crippen molar-refractivity contribution in [2.45, 2.75) is 0 Å². The van der Waals surface area contributed by atoms with Gasteiger partial charge >= 0.3 is 5.69 Å². The summed E-state index contributed by atoms with van der Waals surface area (Å²) >= 11 is 0. The average molecular weight is 231 g/mol. The van der Waals surface area contributed by atoms with Gasteiger partial charge in [-0.05, 0) is 6.07 Å². The van der Waals surface area contributed by atoms with Crippen molar-refractivity contribution < 1.29 is 9.66 Å². The minimum atomic E-state index is -0.507. The predicted molar refractivity (Wildman–Crippen MR) is 61.8 cm³/mol. The van der Waals surface area contributed by atoms with E-state index < -0.39 is 4.92 Å². The van der Waals surface area contributed by atoms with Gasteiger partial charge in [-0.2, -0.15) is 0 Å². The zero-order valence-electron chi connectivity index (χ0n) is 8.74. The van der Waals surface area contributed by atoms with Crippen LogP contribution in [0.2, 0.25) is 0 Å². The second-order valence-corrected chi connectivity index (χ2v) is 3.24. The molecule has 1 heterocycles. The van der Waals surface area contributed by atoms with Crippen LogP contribution < -0.4 is 10.5 Å². The first-order valence-corrected chi connectivity index (χ1v) is 4.79. The lowest BCUT2D eigenvalue weighted by Crippen LogP contribution is -1.96. The molecule has 0 aliphatic heterocycles. The van der Waals surface area contributed by atoms with Gasteiger partial charge in [-0.1, -0.05) is 12.1 Å². The largest absolute Gasteiger partial charge is 0.448 e. The van der Waals surface area contributed by atoms with Crippen molar-refractivity contribution in [1.29, 1.82) is 0 Å². The van der Waals surface area contributed by atoms with Crippen LogP contribution in [0, 0.1) is 10.1 Å². The number of nitro benzene ring substituents is 1. The van der Waals surface area contributed by atoms with Crippen LogP contribution >= 0.6 is 0 Å². The Morgan fingerprint density at radius 3 is 2.71 bits per heavy atom. The standard InChI is InChI=1S/C11H9N3O3/c12-8-7-13-6-5-10(8)17-11-4-2-1-3-9(11)14(15)16/h1-7H,12H2. The summed E-state index contributed by atoms with van der Waals surface area (Å²) in [6.07, 6.45) is 2.92. The maximum Gasteiger partial charge on any atom is 0.311 e. The molecular formula is C11H9N3O3. The van der Waals surface area contributed by atoms with Crippen molar-refractivity contribution in [3.8, 4) is 11.5 Å². The van der Waals surface area contributed by atoms with E-state index >= 15 is 0 Å². The number of pyridine rings is 1. The van der Waals surface area contributed by atoms with Gasteiger partial charge in [-0.15, -0.1) is 0 Å². The van der Waals surface area contributed by atoms with Gasteiger partial charge in [-0.25, -0.2) is 0 Å². The van der Waals surface area contributed by atoms with Crippen LogP contribution in [0.4, 0.5) is 11.4 Å². The molecule has 1 aromatic carbocycles. The number of hydrogen-bond acceptors (Lipinski definition) is 5. The summed E-state index contributed by atoms with van der Waals surface area (Å²) in [6.45, 7) is 0. The molecule has 86 valence electrons. The first-order chi connectivity index (χ1) is 8.18. The summed E-state index contributed by atoms with van der Waals surface area (Å²) in [6, 6.07) is 7.65. The molecule has 0 fully saturated rings. The van der Waals surface area contributed by atoms with Gasteiger partial charge in [0.2, 0.25) is 5.75 Å². The minimum Gasteiger partial charge on any atom is -0.448 e. The number of hydrogen-bond donors (Lipinski definition) is 1. The predicted octanol–water partition coefficient (Wildman–Crippen LogP) is 2.36. The van der Waals surface area contributed by atoms with Crippen LogP contribution in [-0.2, 0) is 0 Å². The third-order valence-electron chi connectivity index (χ3n) is 2.09. The van der Waals surface area contributed by atoms with Crippen LogP contribution in [0.5, 0.6) is 11.5 Å². The van der Waals surface area contributed by atoms with E-state index in [4.69, 9.17) is 10.5 Å². The van der Waals surface area contributed by atoms with Crippen LogP contribution in [0.15, 0.2) is 42.7 Å². The average Bonchev–Trinajstić information content (AvgIpc) is 2.32. The Morgan fingerprint density at radius 2 is 2.00 bits per heavy atom. The normalized spacial score (nSPS) is 9.88. The SMILES string of the molecule is Nc1cnccc1Oc1ccccc1[N+](=O)[O-]. The molecule has 0 radical (unpaired) electrons. The molecule has 0 aliphatic rings. The molecule has 6 nitrogen and oxygen atoms in total. The molecule has 0 amide bonds. The van der Waals surface area contributed by atoms with Crippen LogP contribution in [0.1, 0.15) is 0 Å². The molecule has 17 heavy (non-hydrogen) atoms. The molecule has 1 aromatic heterocycles. The molecular weight excluding hydrogens is 222 g/mol. The molecule has 0 spiro atoms. The molecule has 0 unspecified atom stereocenters. The highest BCUT2D eigenvalue weighted by Crippen LogP contribution is 2.32. The maximum atomic E-state index is 10.8. The first kappa shape index (κ1) is 10.9. The Balaban J connectivity index is 2.37. The summed E-state index contributed by atoms with van der Waals surface area (Å²) in [7, 11) is 0. The summed E-state index contributed by atoms with van der Waals surface area (Å²) in [4.78, 5) is 14.1. The van der Waals surface area contributed by atoms with Gasteiger partial charge in [0.25, 0.3) is 0 Å². The van der Waals surface area contributed by atoms with Crippen molar-refractivity contribution >= 4 is 11.4 Å². The highest BCUT2D eigenvalue weighted by Gasteiger charge is 2.15. The van der Waals surface area contributed by atoms with Crippen LogP contribution in [0.25, 0.3) is 0 Å². The van der Waals surface area contributed by atoms with E-state index in [-0.39, 0.29) is 11.4 Å². The number of nitrogens with zero attached hydrogens (tertiary/aromatic N) is 2. The van der Waals surface area contributed by atoms with Gasteiger partial charge in [0.1, 0.15) is 0 Å². The van der Waals surface area contributed by atoms with Gasteiger partial charge in [-0.3, -0.25) is 15.1 Å². The number of rotatable bonds is 3. The summed E-state index contributed by atoms with van der Waals surface area (Å²) in [5, 5.41) is 10.8. The molecule has 2 N–H and O–H groups in total. The Morgan fingerprint density at radius 1 is 1.24 bits per heavy atom. The molecule has 0 aliphatic carbocycles. The third-order valence-corrected chi connectivity index (χ3v) is 2.09. The molecule has 2 aromatic rings. The van der Waals surface area contributed by atoms with Gasteiger partial charge in [0.15, 0.2) is 5.75 Å². The fourth-order valence-corrected chi connectivity index (χ4v) is 1.30. The molecule has 2 rings (SSSR count). The zero-order chi connectivity index (χ0) is 12.3. The molecule has 0 saturated heterocycles. The minimum absolute atomic E-state index is 0.108. The van der Waals surface area contributed by atoms with E-state index in [2.05, 4.69) is 4.98 Å². The highest BCUT2D eigenvalue weighted by atomic mass is 16.6. The van der Waals surface area contributed by atoms with Crippen molar-refractivity contribution in [3.63, 3.8) is 0 Å². The second-order valence-electron chi connectivity index (χ2n) is 3.24. The number of nitro groups is 1. The lowest BCUT2D eigenvalue weighted by Gasteiger charge is -2.07. The number of anilines is 1. The molecule has 6 heteroatoms. The number of para-hydroxylation sites is 2. The highest BCUT2D eigenvalue weighted by molar-refractivity contribution is 5.54. The van der Waals surface area contributed by atoms with Crippen molar-refractivity contribution in [3.05, 3.63) is 52.8 Å². The number of nitrogens with two attached hydrogens (primary N) is 1. The van der Waals surface area contributed by atoms with Crippen molar-refractivity contribution in [1.82, 2.24) is 4.98 Å². The van der Waals surface area contributed by atoms with E-state index in [1.54, 1.807) is 18.2 Å². The lowest BCUT2D eigenvalue weighted by molar-refractivity contribution is -0.385. The van der Waals surface area contributed by atoms with E-state index in [9.17, 15) is 10.1 Å². The Labute approximate surface area is 96.8 Å². The van der Waals surface area contributed by atoms with Gasteiger partial charge in [0.05, 0.1) is 16.8 Å². The smallest absolute Gasteiger partial charge is 0.311 e. The second kappa shape index (κ2) is 4.48. The monoisotopic (exact) mass is 231 g/mol. The number of benzene rings is 1. The number of nitrogen functional groups attached to an aromatic ring is 1. The zero-order valence-corrected chi connectivity index (χ0v) is 8.74. The van der Waals surface area contributed by atoms with Gasteiger partial charge < -0.3 is 10.5 Å². The fourth-order valence-electron chi connectivity index (χ4n) is 1.30. The maximum absolute atomic E-state index is 10.8. The molecule has 0 bridgehead atoms. The Bertz CT molecular complexity index is 557. The van der Waals surface area contributed by atoms with E-state index in [1.165, 1.54) is 24.5 Å². The summed E-state index contributed by atoms with van der Waals surface area (Å²) in [5.74, 6) is 0.490. The van der Waals surface area contributed by atoms with E-state index in [1.807, 2.05) is 0 Å². The van der Waals surface area contributed by atoms with Crippen LogP contribution in [-0.4, -0.2) is 9.91 Å². The first-order valence-electron chi connectivity index (χ1n) is 4.79. The topological polar surface area (TPSA) is 91.3 Å². The molecule has 0 atom stereocenters. The third kappa shape index (κ3) is 2.31. The molecule has 0 saturated carbocycles. The fraction of sp³-hybridized carbons (Fsp3) is 0. The van der Waals surface area contributed by atoms with Crippen molar-refractivity contribution in [2.75, 3.05) is 5.73 Å². The van der Waals surface area contributed by atoms with Crippen LogP contribution in [0.3, 0.4) is 0 Å². The summed E-state index contributed by atoms with van der Waals surface area (Å²) in [5.41, 5.74) is 5.85.